The number of ether oxygens (including phenoxy) is 3. The zero-order valence-corrected chi connectivity index (χ0v) is 25.8. The molecule has 47 heavy (non-hydrogen) atoms. The third-order valence-corrected chi connectivity index (χ3v) is 8.97. The second kappa shape index (κ2) is 13.1. The van der Waals surface area contributed by atoms with Crippen LogP contribution in [0.1, 0.15) is 62.6 Å². The van der Waals surface area contributed by atoms with Crippen LogP contribution in [0.5, 0.6) is 0 Å². The average Bonchev–Trinajstić information content (AvgIpc) is 3.66. The fourth-order valence-electron chi connectivity index (χ4n) is 6.67. The Kier molecular flexibility index (Phi) is 9.12. The van der Waals surface area contributed by atoms with E-state index in [0.29, 0.717) is 42.5 Å². The first-order valence-corrected chi connectivity index (χ1v) is 15.5. The van der Waals surface area contributed by atoms with Crippen molar-refractivity contribution in [2.45, 2.75) is 82.1 Å². The van der Waals surface area contributed by atoms with Crippen LogP contribution >= 0.6 is 0 Å². The maximum absolute atomic E-state index is 14.5. The number of fused-ring (bicyclic) bond motifs is 2. The smallest absolute Gasteiger partial charge is 0.338 e. The maximum Gasteiger partial charge on any atom is 0.338 e. The fourth-order valence-corrected chi connectivity index (χ4v) is 6.67. The number of carbonyl (C=O) groups is 2. The number of benzene rings is 1. The minimum atomic E-state index is -1.83. The van der Waals surface area contributed by atoms with Crippen molar-refractivity contribution < 1.29 is 47.9 Å². The molecule has 1 saturated heterocycles. The molecule has 0 bridgehead atoms. The van der Waals surface area contributed by atoms with Crippen LogP contribution in [0.2, 0.25) is 0 Å². The third-order valence-electron chi connectivity index (χ3n) is 8.97. The number of aromatic amines is 1. The molecule has 250 valence electrons. The first-order valence-electron chi connectivity index (χ1n) is 15.5. The number of nitrogens with one attached hydrogen (secondary N) is 1. The number of carbonyl (C=O) groups excluding carboxylic acids is 2. The number of halogens is 2. The van der Waals surface area contributed by atoms with Crippen LogP contribution in [0.3, 0.4) is 0 Å². The van der Waals surface area contributed by atoms with E-state index in [9.17, 15) is 33.7 Å². The van der Waals surface area contributed by atoms with Gasteiger partial charge in [0.25, 0.3) is 0 Å². The van der Waals surface area contributed by atoms with Crippen molar-refractivity contribution >= 4 is 34.0 Å². The highest BCUT2D eigenvalue weighted by Gasteiger charge is 2.49. The number of nitrogens with zero attached hydrogens (tertiary/aromatic N) is 3. The summed E-state index contributed by atoms with van der Waals surface area (Å²) in [7, 11) is 0. The standard InChI is InChI=1S/C33H36F2N4O8/c1-4-11-45-32(44)29-27(41)26(40)28(42)33(46-29)47-31(43)17-7-5-16(6-8-17)23-24-22(12-18-14-36-38-30(18)37-24)39(25(23)15(2)3)19-9-10-20(34)21(35)13-19/h4,9-10,12-17,26-29,33,40-42H,1,5-8,11H2,2-3H3,(H,36,37,38)/t16?,17?,26-,27-,28+,29-,33?/m0/s1. The molecule has 1 unspecified atom stereocenters. The summed E-state index contributed by atoms with van der Waals surface area (Å²) in [6, 6.07) is 5.71. The van der Waals surface area contributed by atoms with Crippen molar-refractivity contribution in [3.8, 4) is 5.69 Å². The number of rotatable bonds is 8. The van der Waals surface area contributed by atoms with Gasteiger partial charge in [0.1, 0.15) is 24.9 Å². The molecule has 12 nitrogen and oxygen atoms in total. The quantitative estimate of drug-likeness (QED) is 0.163. The Balaban J connectivity index is 1.25. The van der Waals surface area contributed by atoms with Crippen molar-refractivity contribution in [1.82, 2.24) is 19.7 Å². The number of aliphatic hydroxyl groups excluding tert-OH is 3. The third kappa shape index (κ3) is 6.02. The molecular formula is C33H36F2N4O8. The summed E-state index contributed by atoms with van der Waals surface area (Å²) >= 11 is 0. The topological polar surface area (TPSA) is 169 Å². The summed E-state index contributed by atoms with van der Waals surface area (Å²) in [4.78, 5) is 30.5. The predicted molar refractivity (Wildman–Crippen MR) is 163 cm³/mol. The summed E-state index contributed by atoms with van der Waals surface area (Å²) in [5.74, 6) is -4.26. The van der Waals surface area contributed by atoms with Crippen LogP contribution in [0.15, 0.2) is 43.1 Å². The molecule has 2 fully saturated rings. The molecule has 5 atom stereocenters. The Hall–Kier alpha value is -4.24. The lowest BCUT2D eigenvalue weighted by Gasteiger charge is -2.39. The SMILES string of the molecule is C=CCOC(=O)[C@H]1OC(OC(=O)C2CCC(c3c(C(C)C)n(-c4ccc(F)c(F)c4)c4cc5cn[nH]c5nc34)CC2)[C@H](O)[C@@H](O)[C@@H]1O. The molecule has 1 aliphatic carbocycles. The van der Waals surface area contributed by atoms with E-state index in [4.69, 9.17) is 19.2 Å². The number of pyridine rings is 1. The van der Waals surface area contributed by atoms with Crippen molar-refractivity contribution in [3.63, 3.8) is 0 Å². The summed E-state index contributed by atoms with van der Waals surface area (Å²) < 4.78 is 46.1. The van der Waals surface area contributed by atoms with Crippen molar-refractivity contribution in [1.29, 1.82) is 0 Å². The van der Waals surface area contributed by atoms with Gasteiger partial charge in [0.2, 0.25) is 6.29 Å². The summed E-state index contributed by atoms with van der Waals surface area (Å²) in [5, 5.41) is 38.8. The molecule has 4 N–H and O–H groups in total. The van der Waals surface area contributed by atoms with E-state index in [1.165, 1.54) is 12.1 Å². The van der Waals surface area contributed by atoms with Crippen molar-refractivity contribution in [3.05, 3.63) is 66.0 Å². The van der Waals surface area contributed by atoms with Gasteiger partial charge in [-0.05, 0) is 55.7 Å². The van der Waals surface area contributed by atoms with Crippen LogP contribution < -0.4 is 0 Å². The van der Waals surface area contributed by atoms with Crippen molar-refractivity contribution in [2.24, 2.45) is 5.92 Å². The molecule has 4 aromatic rings. The van der Waals surface area contributed by atoms with E-state index >= 15 is 0 Å². The highest BCUT2D eigenvalue weighted by atomic mass is 19.2. The largest absolute Gasteiger partial charge is 0.459 e. The average molecular weight is 655 g/mol. The van der Waals surface area contributed by atoms with E-state index in [1.54, 1.807) is 6.20 Å². The van der Waals surface area contributed by atoms with Gasteiger partial charge in [-0.1, -0.05) is 26.5 Å². The van der Waals surface area contributed by atoms with E-state index < -0.39 is 60.2 Å². The highest BCUT2D eigenvalue weighted by molar-refractivity contribution is 5.93. The Morgan fingerprint density at radius 1 is 1.09 bits per heavy atom. The van der Waals surface area contributed by atoms with Gasteiger partial charge in [-0.2, -0.15) is 5.10 Å². The molecule has 0 amide bonds. The number of aromatic nitrogens is 4. The molecule has 1 saturated carbocycles. The highest BCUT2D eigenvalue weighted by Crippen LogP contribution is 2.45. The van der Waals surface area contributed by atoms with E-state index in [-0.39, 0.29) is 18.4 Å². The first-order chi connectivity index (χ1) is 22.5. The van der Waals surface area contributed by atoms with Gasteiger partial charge >= 0.3 is 11.9 Å². The summed E-state index contributed by atoms with van der Waals surface area (Å²) in [5.41, 5.74) is 4.30. The minimum absolute atomic E-state index is 0.0377. The molecule has 3 aromatic heterocycles. The van der Waals surface area contributed by atoms with Crippen LogP contribution in [-0.2, 0) is 23.8 Å². The fraction of sp³-hybridized carbons (Fsp3) is 0.455. The van der Waals surface area contributed by atoms with Gasteiger partial charge in [0.15, 0.2) is 23.4 Å². The van der Waals surface area contributed by atoms with Crippen LogP contribution in [0.25, 0.3) is 27.8 Å². The Bertz CT molecular complexity index is 1820. The molecule has 2 aliphatic rings. The lowest BCUT2D eigenvalue weighted by molar-refractivity contribution is -0.288. The monoisotopic (exact) mass is 654 g/mol. The molecule has 14 heteroatoms. The molecule has 1 aliphatic heterocycles. The Morgan fingerprint density at radius 2 is 1.83 bits per heavy atom. The molecule has 0 radical (unpaired) electrons. The van der Waals surface area contributed by atoms with Crippen LogP contribution in [0.4, 0.5) is 8.78 Å². The normalized spacial score (nSPS) is 26.5. The first kappa shape index (κ1) is 32.7. The Morgan fingerprint density at radius 3 is 2.51 bits per heavy atom. The van der Waals surface area contributed by atoms with E-state index in [1.807, 2.05) is 24.5 Å². The van der Waals surface area contributed by atoms with Gasteiger partial charge in [-0.15, -0.1) is 0 Å². The van der Waals surface area contributed by atoms with Crippen molar-refractivity contribution in [2.75, 3.05) is 6.61 Å². The molecule has 1 aromatic carbocycles. The lowest BCUT2D eigenvalue weighted by atomic mass is 9.77. The van der Waals surface area contributed by atoms with Crippen LogP contribution in [0, 0.1) is 17.6 Å². The lowest BCUT2D eigenvalue weighted by Crippen LogP contribution is -2.61. The predicted octanol–water partition coefficient (Wildman–Crippen LogP) is 3.66. The molecule has 4 heterocycles. The maximum atomic E-state index is 14.5. The Labute approximate surface area is 267 Å². The molecular weight excluding hydrogens is 618 g/mol. The van der Waals surface area contributed by atoms with E-state index in [0.717, 1.165) is 34.3 Å². The second-order valence-corrected chi connectivity index (χ2v) is 12.4. The summed E-state index contributed by atoms with van der Waals surface area (Å²) in [6.07, 6.45) is -3.92. The molecule has 0 spiro atoms. The zero-order chi connectivity index (χ0) is 33.6. The van der Waals surface area contributed by atoms with E-state index in [2.05, 4.69) is 16.8 Å². The molecule has 6 rings (SSSR count). The number of hydrogen-bond acceptors (Lipinski definition) is 10. The summed E-state index contributed by atoms with van der Waals surface area (Å²) in [6.45, 7) is 7.31. The van der Waals surface area contributed by atoms with Gasteiger partial charge in [0.05, 0.1) is 23.1 Å². The number of aliphatic hydroxyl groups is 3. The van der Waals surface area contributed by atoms with Gasteiger partial charge in [-0.25, -0.2) is 18.6 Å². The number of esters is 2. The van der Waals surface area contributed by atoms with Gasteiger partial charge in [0, 0.05) is 28.4 Å². The number of H-pyrrole nitrogens is 1. The van der Waals surface area contributed by atoms with Gasteiger partial charge < -0.3 is 34.1 Å². The van der Waals surface area contributed by atoms with Crippen LogP contribution in [-0.4, -0.2) is 84.3 Å². The zero-order valence-electron chi connectivity index (χ0n) is 25.8. The minimum Gasteiger partial charge on any atom is -0.459 e. The second-order valence-electron chi connectivity index (χ2n) is 12.4. The van der Waals surface area contributed by atoms with Gasteiger partial charge in [-0.3, -0.25) is 9.89 Å². The number of hydrogen-bond donors (Lipinski definition) is 4.